The summed E-state index contributed by atoms with van der Waals surface area (Å²) < 4.78 is 33.6. The van der Waals surface area contributed by atoms with Gasteiger partial charge in [0.05, 0.1) is 50.7 Å². The van der Waals surface area contributed by atoms with E-state index in [0.29, 0.717) is 26.7 Å². The maximum atomic E-state index is 14.4. The van der Waals surface area contributed by atoms with Gasteiger partial charge < -0.3 is 14.2 Å². The number of hydrogen-bond donors (Lipinski definition) is 0. The number of Topliss-reactive ketones (excluding diaryl/α,β-unsaturated/α-hetero) is 1. The van der Waals surface area contributed by atoms with Crippen molar-refractivity contribution in [2.24, 2.45) is 5.92 Å². The van der Waals surface area contributed by atoms with E-state index in [4.69, 9.17) is 14.2 Å². The Hall–Kier alpha value is -3.68. The fourth-order valence-corrected chi connectivity index (χ4v) is 5.94. The lowest BCUT2D eigenvalue weighted by molar-refractivity contribution is -0.122. The molecule has 0 saturated carbocycles. The lowest BCUT2D eigenvalue weighted by atomic mass is 10.0. The molecule has 0 aliphatic carbocycles. The number of hydrogen-bond acceptors (Lipinski definition) is 9. The largest absolute Gasteiger partial charge is 0.496 e. The summed E-state index contributed by atoms with van der Waals surface area (Å²) >= 11 is 1.17. The molecule has 0 N–H and O–H groups in total. The predicted molar refractivity (Wildman–Crippen MR) is 153 cm³/mol. The SMILES string of the molecule is COCCO[C@@H](Cn1c(=O)n([C@H](C)C(=O)CC(C)C)c(=O)c2c(C)c(-n3nccn3)sc21)c1cc(F)ccc1OC. The number of ether oxygens (including phenoxy) is 3. The number of benzene rings is 1. The lowest BCUT2D eigenvalue weighted by Gasteiger charge is -2.23. The second kappa shape index (κ2) is 12.9. The van der Waals surface area contributed by atoms with Crippen molar-refractivity contribution in [2.45, 2.75) is 52.8 Å². The molecule has 2 atom stereocenters. The Morgan fingerprint density at radius 1 is 1.10 bits per heavy atom. The van der Waals surface area contributed by atoms with Gasteiger partial charge >= 0.3 is 5.69 Å². The summed E-state index contributed by atoms with van der Waals surface area (Å²) in [7, 11) is 2.99. The Morgan fingerprint density at radius 2 is 1.80 bits per heavy atom. The number of thiophene rings is 1. The van der Waals surface area contributed by atoms with Gasteiger partial charge in [-0.3, -0.25) is 14.2 Å². The first-order valence-electron chi connectivity index (χ1n) is 13.2. The summed E-state index contributed by atoms with van der Waals surface area (Å²) in [5.74, 6) is -0.316. The van der Waals surface area contributed by atoms with E-state index in [1.165, 1.54) is 65.5 Å². The molecule has 11 nitrogen and oxygen atoms in total. The van der Waals surface area contributed by atoms with Crippen molar-refractivity contribution in [3.63, 3.8) is 0 Å². The molecule has 0 aliphatic heterocycles. The van der Waals surface area contributed by atoms with Gasteiger partial charge in [0.1, 0.15) is 27.5 Å². The Balaban J connectivity index is 1.98. The number of carbonyl (C=O) groups is 1. The standard InChI is InChI=1S/C28H34FN5O6S/c1-16(2)13-21(35)18(4)33-25(36)24-17(3)26(34-30-9-10-31-34)41-27(24)32(28(33)37)15-23(40-12-11-38-5)20-14-19(29)7-8-22(20)39-6/h7-10,14,16,18,23H,11-13,15H2,1-6H3/t18-,23+/m1/s1. The number of carbonyl (C=O) groups excluding carboxylic acids is 1. The maximum absolute atomic E-state index is 14.4. The number of aromatic nitrogens is 5. The molecule has 1 aromatic carbocycles. The maximum Gasteiger partial charge on any atom is 0.332 e. The van der Waals surface area contributed by atoms with Crippen LogP contribution in [-0.2, 0) is 20.8 Å². The monoisotopic (exact) mass is 587 g/mol. The van der Waals surface area contributed by atoms with Crippen LogP contribution in [0.2, 0.25) is 0 Å². The van der Waals surface area contributed by atoms with Crippen molar-refractivity contribution in [3.05, 3.63) is 68.4 Å². The third kappa shape index (κ3) is 6.16. The van der Waals surface area contributed by atoms with Gasteiger partial charge in [0.2, 0.25) is 0 Å². The van der Waals surface area contributed by atoms with Gasteiger partial charge in [-0.2, -0.15) is 10.2 Å². The fraction of sp³-hybridized carbons (Fsp3) is 0.464. The molecule has 0 unspecified atom stereocenters. The fourth-order valence-electron chi connectivity index (χ4n) is 4.72. The second-order valence-corrected chi connectivity index (χ2v) is 11.1. The molecule has 3 heterocycles. The van der Waals surface area contributed by atoms with Crippen LogP contribution in [0.25, 0.3) is 15.2 Å². The first kappa shape index (κ1) is 30.3. The highest BCUT2D eigenvalue weighted by Gasteiger charge is 2.29. The topological polar surface area (TPSA) is 119 Å². The first-order chi connectivity index (χ1) is 19.6. The zero-order valence-electron chi connectivity index (χ0n) is 23.9. The molecular formula is C28H34FN5O6S. The highest BCUT2D eigenvalue weighted by molar-refractivity contribution is 7.21. The number of nitrogens with zero attached hydrogens (tertiary/aromatic N) is 5. The molecule has 0 radical (unpaired) electrons. The van der Waals surface area contributed by atoms with Crippen molar-refractivity contribution in [1.29, 1.82) is 0 Å². The van der Waals surface area contributed by atoms with Crippen molar-refractivity contribution in [1.82, 2.24) is 24.1 Å². The number of methoxy groups -OCH3 is 2. The van der Waals surface area contributed by atoms with Crippen molar-refractivity contribution < 1.29 is 23.4 Å². The van der Waals surface area contributed by atoms with Crippen LogP contribution >= 0.6 is 11.3 Å². The average Bonchev–Trinajstić information content (AvgIpc) is 3.58. The summed E-state index contributed by atoms with van der Waals surface area (Å²) in [6.07, 6.45) is 2.37. The van der Waals surface area contributed by atoms with Crippen LogP contribution in [0, 0.1) is 18.7 Å². The first-order valence-corrected chi connectivity index (χ1v) is 14.0. The number of ketones is 1. The predicted octanol–water partition coefficient (Wildman–Crippen LogP) is 3.84. The van der Waals surface area contributed by atoms with Gasteiger partial charge in [-0.1, -0.05) is 25.2 Å². The molecule has 220 valence electrons. The molecule has 4 aromatic rings. The summed E-state index contributed by atoms with van der Waals surface area (Å²) in [6, 6.07) is 3.05. The minimum Gasteiger partial charge on any atom is -0.496 e. The van der Waals surface area contributed by atoms with E-state index in [2.05, 4.69) is 10.2 Å². The molecule has 13 heteroatoms. The van der Waals surface area contributed by atoms with Crippen LogP contribution < -0.4 is 16.0 Å². The minimum absolute atomic E-state index is 0.0472. The van der Waals surface area contributed by atoms with Crippen molar-refractivity contribution in [2.75, 3.05) is 27.4 Å². The quantitative estimate of drug-likeness (QED) is 0.217. The molecule has 0 saturated heterocycles. The van der Waals surface area contributed by atoms with Gasteiger partial charge in [-0.15, -0.1) is 4.80 Å². The van der Waals surface area contributed by atoms with E-state index in [0.717, 1.165) is 4.57 Å². The van der Waals surface area contributed by atoms with E-state index >= 15 is 0 Å². The van der Waals surface area contributed by atoms with Crippen molar-refractivity contribution >= 4 is 27.3 Å². The van der Waals surface area contributed by atoms with Crippen LogP contribution in [0.5, 0.6) is 5.75 Å². The molecule has 4 rings (SSSR count). The number of rotatable bonds is 13. The van der Waals surface area contributed by atoms with Gasteiger partial charge in [-0.05, 0) is 38.0 Å². The van der Waals surface area contributed by atoms with Gasteiger partial charge in [0, 0.05) is 24.7 Å². The second-order valence-electron chi connectivity index (χ2n) is 10.1. The molecule has 41 heavy (non-hydrogen) atoms. The zero-order valence-corrected chi connectivity index (χ0v) is 24.7. The average molecular weight is 588 g/mol. The van der Waals surface area contributed by atoms with Crippen LogP contribution in [0.1, 0.15) is 50.5 Å². The normalized spacial score (nSPS) is 13.2. The van der Waals surface area contributed by atoms with E-state index in [1.54, 1.807) is 13.8 Å². The number of fused-ring (bicyclic) bond motifs is 1. The van der Waals surface area contributed by atoms with E-state index in [1.807, 2.05) is 13.8 Å². The van der Waals surface area contributed by atoms with E-state index in [-0.39, 0.29) is 43.3 Å². The molecule has 0 aliphatic rings. The van der Waals surface area contributed by atoms with E-state index in [9.17, 15) is 18.8 Å². The highest BCUT2D eigenvalue weighted by atomic mass is 32.1. The summed E-state index contributed by atoms with van der Waals surface area (Å²) in [5.41, 5.74) is -0.299. The lowest BCUT2D eigenvalue weighted by Crippen LogP contribution is -2.44. The minimum atomic E-state index is -1.00. The number of aryl methyl sites for hydroxylation is 1. The smallest absolute Gasteiger partial charge is 0.332 e. The van der Waals surface area contributed by atoms with Crippen LogP contribution in [0.15, 0.2) is 40.2 Å². The molecule has 0 spiro atoms. The highest BCUT2D eigenvalue weighted by Crippen LogP contribution is 2.34. The summed E-state index contributed by atoms with van der Waals surface area (Å²) in [5, 5.41) is 9.23. The Kier molecular flexibility index (Phi) is 9.51. The molecule has 3 aromatic heterocycles. The van der Waals surface area contributed by atoms with Crippen LogP contribution in [0.3, 0.4) is 0 Å². The van der Waals surface area contributed by atoms with Crippen LogP contribution in [-0.4, -0.2) is 57.3 Å². The molecular weight excluding hydrogens is 553 g/mol. The number of halogens is 1. The van der Waals surface area contributed by atoms with Gasteiger partial charge in [0.25, 0.3) is 5.56 Å². The molecule has 0 fully saturated rings. The van der Waals surface area contributed by atoms with Crippen LogP contribution in [0.4, 0.5) is 4.39 Å². The van der Waals surface area contributed by atoms with Crippen molar-refractivity contribution in [3.8, 4) is 10.8 Å². The Bertz CT molecular complexity index is 1640. The van der Waals surface area contributed by atoms with Gasteiger partial charge in [-0.25, -0.2) is 13.8 Å². The Labute approximate surface area is 240 Å². The molecule has 0 amide bonds. The van der Waals surface area contributed by atoms with E-state index < -0.39 is 29.2 Å². The zero-order chi connectivity index (χ0) is 29.8. The summed E-state index contributed by atoms with van der Waals surface area (Å²) in [4.78, 5) is 42.8. The molecule has 0 bridgehead atoms. The van der Waals surface area contributed by atoms with Gasteiger partial charge in [0.15, 0.2) is 5.78 Å². The summed E-state index contributed by atoms with van der Waals surface area (Å²) in [6.45, 7) is 7.41. The Morgan fingerprint density at radius 3 is 2.44 bits per heavy atom. The third-order valence-electron chi connectivity index (χ3n) is 6.77. The third-order valence-corrected chi connectivity index (χ3v) is 8.06.